The zero-order valence-corrected chi connectivity index (χ0v) is 9.01. The van der Waals surface area contributed by atoms with Gasteiger partial charge in [0.05, 0.1) is 12.7 Å². The number of nitrogen functional groups attached to an aromatic ring is 1. The van der Waals surface area contributed by atoms with Gasteiger partial charge in [0.15, 0.2) is 0 Å². The summed E-state index contributed by atoms with van der Waals surface area (Å²) in [6.07, 6.45) is 0. The molecule has 17 heavy (non-hydrogen) atoms. The normalized spacial score (nSPS) is 9.94. The highest BCUT2D eigenvalue weighted by molar-refractivity contribution is 5.90. The second-order valence-electron chi connectivity index (χ2n) is 3.15. The lowest BCUT2D eigenvalue weighted by Gasteiger charge is -2.03. The van der Waals surface area contributed by atoms with Crippen LogP contribution in [0.15, 0.2) is 28.8 Å². The Morgan fingerprint density at radius 2 is 2.35 bits per heavy atom. The van der Waals surface area contributed by atoms with Crippen LogP contribution >= 0.6 is 0 Å². The van der Waals surface area contributed by atoms with E-state index in [-0.39, 0.29) is 12.0 Å². The molecule has 0 fully saturated rings. The second kappa shape index (κ2) is 4.52. The smallest absolute Gasteiger partial charge is 0.337 e. The molecule has 0 spiro atoms. The quantitative estimate of drug-likeness (QED) is 0.768. The van der Waals surface area contributed by atoms with E-state index in [0.717, 1.165) is 0 Å². The maximum atomic E-state index is 11.3. The summed E-state index contributed by atoms with van der Waals surface area (Å²) in [5.74, 6) is -0.189. The molecular weight excluding hydrogens is 224 g/mol. The molecule has 0 saturated heterocycles. The Labute approximate surface area is 96.6 Å². The van der Waals surface area contributed by atoms with E-state index in [1.54, 1.807) is 24.3 Å². The van der Waals surface area contributed by atoms with Gasteiger partial charge in [0, 0.05) is 5.69 Å². The van der Waals surface area contributed by atoms with Crippen molar-refractivity contribution in [3.63, 3.8) is 0 Å². The lowest BCUT2D eigenvalue weighted by atomic mass is 10.2. The molecule has 0 bridgehead atoms. The van der Waals surface area contributed by atoms with Gasteiger partial charge in [-0.1, -0.05) is 6.07 Å². The van der Waals surface area contributed by atoms with Crippen LogP contribution in [0.1, 0.15) is 10.4 Å². The van der Waals surface area contributed by atoms with Crippen molar-refractivity contribution in [3.05, 3.63) is 29.8 Å². The van der Waals surface area contributed by atoms with Gasteiger partial charge in [-0.3, -0.25) is 0 Å². The fourth-order valence-electron chi connectivity index (χ4n) is 1.26. The van der Waals surface area contributed by atoms with Gasteiger partial charge in [-0.05, 0) is 23.4 Å². The van der Waals surface area contributed by atoms with Crippen molar-refractivity contribution < 1.29 is 14.1 Å². The molecule has 0 unspecified atom stereocenters. The third-order valence-electron chi connectivity index (χ3n) is 1.98. The van der Waals surface area contributed by atoms with Crippen molar-refractivity contribution in [3.8, 4) is 0 Å². The summed E-state index contributed by atoms with van der Waals surface area (Å²) >= 11 is 0. The van der Waals surface area contributed by atoms with Crippen LogP contribution in [0, 0.1) is 0 Å². The van der Waals surface area contributed by atoms with Crippen LogP contribution in [0.3, 0.4) is 0 Å². The first-order valence-corrected chi connectivity index (χ1v) is 4.73. The number of aromatic nitrogens is 2. The molecule has 7 heteroatoms. The molecule has 3 N–H and O–H groups in total. The summed E-state index contributed by atoms with van der Waals surface area (Å²) in [4.78, 5) is 15.1. The number of esters is 1. The number of ether oxygens (including phenoxy) is 1. The molecular formula is C10H10N4O3. The maximum absolute atomic E-state index is 11.3. The Hall–Kier alpha value is -2.57. The minimum atomic E-state index is -0.415. The van der Waals surface area contributed by atoms with Crippen molar-refractivity contribution in [1.82, 2.24) is 10.1 Å². The molecule has 0 aliphatic heterocycles. The summed E-state index contributed by atoms with van der Waals surface area (Å²) in [6, 6.07) is 6.67. The molecule has 88 valence electrons. The summed E-state index contributed by atoms with van der Waals surface area (Å²) in [5, 5.41) is 6.41. The standard InChI is InChI=1S/C10H10N4O3/c1-16-8(15)6-3-2-4-7(5-6)12-10-13-9(11)17-14-10/h2-5H,1H3,(H3,11,12,13,14). The van der Waals surface area contributed by atoms with Crippen LogP contribution < -0.4 is 11.1 Å². The Morgan fingerprint density at radius 3 is 3.00 bits per heavy atom. The largest absolute Gasteiger partial charge is 0.465 e. The first-order valence-electron chi connectivity index (χ1n) is 4.73. The van der Waals surface area contributed by atoms with Crippen molar-refractivity contribution >= 4 is 23.6 Å². The SMILES string of the molecule is COC(=O)c1cccc(Nc2noc(N)n2)c1. The van der Waals surface area contributed by atoms with Gasteiger partial charge in [0.25, 0.3) is 5.95 Å². The molecule has 0 atom stereocenters. The van der Waals surface area contributed by atoms with Gasteiger partial charge in [-0.15, -0.1) is 0 Å². The Kier molecular flexibility index (Phi) is 2.91. The van der Waals surface area contributed by atoms with Crippen LogP contribution in [0.25, 0.3) is 0 Å². The number of hydrogen-bond donors (Lipinski definition) is 2. The number of carbonyl (C=O) groups excluding carboxylic acids is 1. The number of rotatable bonds is 3. The molecule has 0 saturated carbocycles. The van der Waals surface area contributed by atoms with Gasteiger partial charge in [0.2, 0.25) is 0 Å². The zero-order valence-electron chi connectivity index (χ0n) is 9.01. The molecule has 7 nitrogen and oxygen atoms in total. The Balaban J connectivity index is 2.19. The molecule has 1 aromatic heterocycles. The number of anilines is 3. The number of nitrogens with zero attached hydrogens (tertiary/aromatic N) is 2. The predicted octanol–water partition coefficient (Wildman–Crippen LogP) is 1.18. The minimum absolute atomic E-state index is 0.0309. The number of benzene rings is 1. The van der Waals surface area contributed by atoms with Crippen molar-refractivity contribution in [2.75, 3.05) is 18.2 Å². The Bertz CT molecular complexity index is 538. The third-order valence-corrected chi connectivity index (χ3v) is 1.98. The van der Waals surface area contributed by atoms with Crippen LogP contribution in [0.2, 0.25) is 0 Å². The highest BCUT2D eigenvalue weighted by Gasteiger charge is 2.07. The van der Waals surface area contributed by atoms with Gasteiger partial charge in [-0.2, -0.15) is 4.98 Å². The summed E-state index contributed by atoms with van der Waals surface area (Å²) in [6.45, 7) is 0. The highest BCUT2D eigenvalue weighted by Crippen LogP contribution is 2.16. The van der Waals surface area contributed by atoms with Crippen molar-refractivity contribution in [2.45, 2.75) is 0 Å². The third kappa shape index (κ3) is 2.51. The van der Waals surface area contributed by atoms with E-state index >= 15 is 0 Å². The zero-order chi connectivity index (χ0) is 12.3. The van der Waals surface area contributed by atoms with Crippen molar-refractivity contribution in [2.24, 2.45) is 0 Å². The van der Waals surface area contributed by atoms with E-state index in [1.807, 2.05) is 0 Å². The summed E-state index contributed by atoms with van der Waals surface area (Å²) in [7, 11) is 1.32. The fourth-order valence-corrected chi connectivity index (χ4v) is 1.26. The molecule has 1 aromatic carbocycles. The van der Waals surface area contributed by atoms with E-state index < -0.39 is 5.97 Å². The van der Waals surface area contributed by atoms with E-state index in [4.69, 9.17) is 5.73 Å². The molecule has 0 aliphatic rings. The number of nitrogens with two attached hydrogens (primary N) is 1. The monoisotopic (exact) mass is 234 g/mol. The van der Waals surface area contributed by atoms with Crippen LogP contribution in [-0.2, 0) is 4.74 Å². The lowest BCUT2D eigenvalue weighted by Crippen LogP contribution is -2.02. The maximum Gasteiger partial charge on any atom is 0.337 e. The van der Waals surface area contributed by atoms with E-state index in [2.05, 4.69) is 24.7 Å². The lowest BCUT2D eigenvalue weighted by molar-refractivity contribution is 0.0601. The van der Waals surface area contributed by atoms with Crippen molar-refractivity contribution in [1.29, 1.82) is 0 Å². The molecule has 2 aromatic rings. The van der Waals surface area contributed by atoms with E-state index in [0.29, 0.717) is 11.3 Å². The molecule has 1 heterocycles. The average Bonchev–Trinajstić information content (AvgIpc) is 2.74. The number of carbonyl (C=O) groups is 1. The van der Waals surface area contributed by atoms with Gasteiger partial charge in [-0.25, -0.2) is 4.79 Å². The number of hydrogen-bond acceptors (Lipinski definition) is 7. The first kappa shape index (κ1) is 10.9. The molecule has 2 rings (SSSR count). The van der Waals surface area contributed by atoms with Crippen LogP contribution in [0.5, 0.6) is 0 Å². The topological polar surface area (TPSA) is 103 Å². The average molecular weight is 234 g/mol. The first-order chi connectivity index (χ1) is 8.19. The van der Waals surface area contributed by atoms with E-state index in [1.165, 1.54) is 7.11 Å². The highest BCUT2D eigenvalue weighted by atomic mass is 16.5. The summed E-state index contributed by atoms with van der Waals surface area (Å²) < 4.78 is 9.21. The summed E-state index contributed by atoms with van der Waals surface area (Å²) in [5.41, 5.74) is 6.34. The molecule has 0 amide bonds. The van der Waals surface area contributed by atoms with E-state index in [9.17, 15) is 4.79 Å². The van der Waals surface area contributed by atoms with Gasteiger partial charge < -0.3 is 20.3 Å². The Morgan fingerprint density at radius 1 is 1.53 bits per heavy atom. The molecule has 0 aliphatic carbocycles. The predicted molar refractivity (Wildman–Crippen MR) is 59.8 cm³/mol. The number of methoxy groups -OCH3 is 1. The van der Waals surface area contributed by atoms with Crippen LogP contribution in [-0.4, -0.2) is 23.2 Å². The minimum Gasteiger partial charge on any atom is -0.465 e. The molecule has 0 radical (unpaired) electrons. The van der Waals surface area contributed by atoms with Crippen LogP contribution in [0.4, 0.5) is 17.7 Å². The van der Waals surface area contributed by atoms with Gasteiger partial charge in [0.1, 0.15) is 0 Å². The fraction of sp³-hybridized carbons (Fsp3) is 0.100. The second-order valence-corrected chi connectivity index (χ2v) is 3.15. The van der Waals surface area contributed by atoms with Gasteiger partial charge >= 0.3 is 12.0 Å². The number of nitrogens with one attached hydrogen (secondary N) is 1.